The summed E-state index contributed by atoms with van der Waals surface area (Å²) in [4.78, 5) is 26.3. The number of aromatic nitrogens is 3. The molecule has 8 nitrogen and oxygen atoms in total. The van der Waals surface area contributed by atoms with Crippen LogP contribution >= 0.6 is 0 Å². The van der Waals surface area contributed by atoms with Crippen LogP contribution in [0.5, 0.6) is 5.75 Å². The second-order valence-corrected chi connectivity index (χ2v) is 8.88. The first-order valence-corrected chi connectivity index (χ1v) is 10.9. The molecule has 3 heterocycles. The van der Waals surface area contributed by atoms with Crippen LogP contribution in [0.1, 0.15) is 54.4 Å². The Morgan fingerprint density at radius 3 is 2.51 bits per heavy atom. The first kappa shape index (κ1) is 24.7. The average Bonchev–Trinajstić information content (AvgIpc) is 3.23. The van der Waals surface area contributed by atoms with E-state index in [9.17, 15) is 22.4 Å². The molecule has 2 aromatic heterocycles. The molecule has 1 fully saturated rings. The lowest BCUT2D eigenvalue weighted by Gasteiger charge is -2.32. The molecule has 0 unspecified atom stereocenters. The van der Waals surface area contributed by atoms with Gasteiger partial charge in [-0.3, -0.25) is 4.79 Å². The highest BCUT2D eigenvalue weighted by Gasteiger charge is 2.33. The number of hydrogen-bond acceptors (Lipinski definition) is 6. The summed E-state index contributed by atoms with van der Waals surface area (Å²) in [7, 11) is 1.55. The van der Waals surface area contributed by atoms with Crippen LogP contribution < -0.4 is 10.5 Å². The van der Waals surface area contributed by atoms with Gasteiger partial charge in [0.1, 0.15) is 28.5 Å². The second kappa shape index (κ2) is 8.99. The summed E-state index contributed by atoms with van der Waals surface area (Å²) in [5, 5.41) is 0. The number of anilines is 1. The minimum absolute atomic E-state index is 0.0780. The lowest BCUT2D eigenvalue weighted by Crippen LogP contribution is -2.38. The van der Waals surface area contributed by atoms with Crippen molar-refractivity contribution >= 4 is 22.8 Å². The average molecular weight is 495 g/mol. The molecular weight excluding hydrogens is 470 g/mol. The number of benzene rings is 1. The third-order valence-corrected chi connectivity index (χ3v) is 6.26. The lowest BCUT2D eigenvalue weighted by atomic mass is 9.88. The summed E-state index contributed by atoms with van der Waals surface area (Å²) < 4.78 is 61.4. The topological polar surface area (TPSA) is 106 Å². The number of carbonyl (C=O) groups is 1. The predicted octanol–water partition coefficient (Wildman–Crippen LogP) is 4.48. The van der Waals surface area contributed by atoms with Gasteiger partial charge in [-0.15, -0.1) is 13.2 Å². The van der Waals surface area contributed by atoms with E-state index in [2.05, 4.69) is 19.7 Å². The van der Waals surface area contributed by atoms with E-state index >= 15 is 0 Å². The molecule has 1 aliphatic heterocycles. The van der Waals surface area contributed by atoms with Crippen LogP contribution in [0.25, 0.3) is 11.2 Å². The Bertz CT molecular complexity index is 1250. The summed E-state index contributed by atoms with van der Waals surface area (Å²) >= 11 is 0. The minimum atomic E-state index is -4.86. The van der Waals surface area contributed by atoms with E-state index < -0.39 is 29.4 Å². The van der Waals surface area contributed by atoms with E-state index in [1.807, 2.05) is 13.8 Å². The Morgan fingerprint density at radius 2 is 1.91 bits per heavy atom. The zero-order chi connectivity index (χ0) is 25.5. The number of piperidine rings is 1. The lowest BCUT2D eigenvalue weighted by molar-refractivity contribution is -0.274. The number of H-pyrrole nitrogens is 1. The Morgan fingerprint density at radius 1 is 1.23 bits per heavy atom. The Kier molecular flexibility index (Phi) is 6.34. The number of alkyl halides is 3. The normalized spacial score (nSPS) is 15.6. The van der Waals surface area contributed by atoms with Crippen LogP contribution in [-0.4, -0.2) is 52.3 Å². The summed E-state index contributed by atoms with van der Waals surface area (Å²) in [5.74, 6) is -1.07. The van der Waals surface area contributed by atoms with E-state index in [0.717, 1.165) is 18.3 Å². The van der Waals surface area contributed by atoms with Gasteiger partial charge in [0.05, 0.1) is 11.8 Å². The molecule has 3 N–H and O–H groups in total. The van der Waals surface area contributed by atoms with Crippen LogP contribution in [0.2, 0.25) is 0 Å². The number of amides is 1. The summed E-state index contributed by atoms with van der Waals surface area (Å²) in [5.41, 5.74) is 6.38. The van der Waals surface area contributed by atoms with Crippen molar-refractivity contribution in [2.24, 2.45) is 0 Å². The smallest absolute Gasteiger partial charge is 0.406 e. The second-order valence-electron chi connectivity index (χ2n) is 8.88. The molecule has 0 radical (unpaired) electrons. The zero-order valence-corrected chi connectivity index (χ0v) is 19.4. The maximum Gasteiger partial charge on any atom is 0.573 e. The van der Waals surface area contributed by atoms with Crippen LogP contribution in [0.3, 0.4) is 0 Å². The molecule has 1 amide bonds. The molecule has 35 heavy (non-hydrogen) atoms. The molecule has 4 rings (SSSR count). The largest absolute Gasteiger partial charge is 0.573 e. The predicted molar refractivity (Wildman–Crippen MR) is 119 cm³/mol. The number of pyridine rings is 1. The van der Waals surface area contributed by atoms with Crippen molar-refractivity contribution in [1.29, 1.82) is 0 Å². The monoisotopic (exact) mass is 495 g/mol. The molecule has 3 aromatic rings. The van der Waals surface area contributed by atoms with Gasteiger partial charge in [-0.25, -0.2) is 14.4 Å². The Labute approximate surface area is 198 Å². The highest BCUT2D eigenvalue weighted by Crippen LogP contribution is 2.36. The number of nitrogens with two attached hydrogens (primary N) is 1. The van der Waals surface area contributed by atoms with Crippen LogP contribution in [0, 0.1) is 5.82 Å². The van der Waals surface area contributed by atoms with E-state index in [1.165, 1.54) is 6.07 Å². The summed E-state index contributed by atoms with van der Waals surface area (Å²) in [6.07, 6.45) is -2.77. The molecule has 1 saturated heterocycles. The number of fused-ring (bicyclic) bond motifs is 1. The zero-order valence-electron chi connectivity index (χ0n) is 19.4. The molecule has 0 bridgehead atoms. The van der Waals surface area contributed by atoms with Gasteiger partial charge in [0, 0.05) is 37.5 Å². The van der Waals surface area contributed by atoms with Crippen molar-refractivity contribution in [2.45, 2.75) is 44.6 Å². The maximum atomic E-state index is 14.9. The fraction of sp³-hybridized carbons (Fsp3) is 0.435. The van der Waals surface area contributed by atoms with E-state index in [-0.39, 0.29) is 17.2 Å². The summed E-state index contributed by atoms with van der Waals surface area (Å²) in [6.45, 7) is 4.29. The molecule has 0 aliphatic carbocycles. The van der Waals surface area contributed by atoms with Crippen molar-refractivity contribution < 1.29 is 31.8 Å². The van der Waals surface area contributed by atoms with E-state index in [0.29, 0.717) is 48.5 Å². The van der Waals surface area contributed by atoms with Gasteiger partial charge in [0.2, 0.25) is 0 Å². The number of ether oxygens (including phenoxy) is 2. The first-order chi connectivity index (χ1) is 16.4. The number of imidazole rings is 1. The van der Waals surface area contributed by atoms with E-state index in [1.54, 1.807) is 12.0 Å². The quantitative estimate of drug-likeness (QED) is 0.399. The first-order valence-electron chi connectivity index (χ1n) is 10.9. The van der Waals surface area contributed by atoms with Gasteiger partial charge in [0.15, 0.2) is 5.65 Å². The van der Waals surface area contributed by atoms with Gasteiger partial charge in [-0.2, -0.15) is 0 Å². The number of methoxy groups -OCH3 is 1. The standard InChI is InChI=1S/C23H25F4N5O3/c1-22(2,34-3)21-30-18-17(15(24)11-29-19(18)31-21)12-6-8-32(9-7-12)20(33)14-5-4-13(10-16(14)28)35-23(25,26)27/h4-5,10-12H,6-9,28H2,1-3H3,(H,29,30,31). The molecular formula is C23H25F4N5O3. The fourth-order valence-electron chi connectivity index (χ4n) is 4.19. The molecule has 1 aromatic carbocycles. The Balaban J connectivity index is 1.51. The van der Waals surface area contributed by atoms with Gasteiger partial charge >= 0.3 is 6.36 Å². The molecule has 188 valence electrons. The molecule has 0 saturated carbocycles. The van der Waals surface area contributed by atoms with Crippen LogP contribution in [0.15, 0.2) is 24.4 Å². The number of nitrogens with one attached hydrogen (secondary N) is 1. The van der Waals surface area contributed by atoms with Crippen molar-refractivity contribution in [1.82, 2.24) is 19.9 Å². The van der Waals surface area contributed by atoms with Crippen molar-refractivity contribution in [3.8, 4) is 5.75 Å². The van der Waals surface area contributed by atoms with E-state index in [4.69, 9.17) is 10.5 Å². The Hall–Kier alpha value is -3.41. The number of aromatic amines is 1. The number of carbonyl (C=O) groups excluding carboxylic acids is 1. The van der Waals surface area contributed by atoms with Crippen LogP contribution in [-0.2, 0) is 10.3 Å². The van der Waals surface area contributed by atoms with Crippen LogP contribution in [0.4, 0.5) is 23.2 Å². The fourth-order valence-corrected chi connectivity index (χ4v) is 4.19. The number of halogens is 4. The van der Waals surface area contributed by atoms with Gasteiger partial charge in [-0.05, 0) is 44.7 Å². The number of hydrogen-bond donors (Lipinski definition) is 2. The number of rotatable bonds is 5. The van der Waals surface area contributed by atoms with Crippen molar-refractivity contribution in [3.05, 3.63) is 47.2 Å². The van der Waals surface area contributed by atoms with Crippen molar-refractivity contribution in [2.75, 3.05) is 25.9 Å². The summed E-state index contributed by atoms with van der Waals surface area (Å²) in [6, 6.07) is 3.22. The molecule has 1 aliphatic rings. The van der Waals surface area contributed by atoms with Gasteiger partial charge < -0.3 is 25.1 Å². The molecule has 0 spiro atoms. The highest BCUT2D eigenvalue weighted by molar-refractivity contribution is 5.99. The third-order valence-electron chi connectivity index (χ3n) is 6.26. The van der Waals surface area contributed by atoms with Gasteiger partial charge in [-0.1, -0.05) is 0 Å². The third kappa shape index (κ3) is 5.02. The number of likely N-dealkylation sites (tertiary alicyclic amines) is 1. The molecule has 12 heteroatoms. The van der Waals surface area contributed by atoms with Crippen molar-refractivity contribution in [3.63, 3.8) is 0 Å². The maximum absolute atomic E-state index is 14.9. The SMILES string of the molecule is COC(C)(C)c1nc2c(C3CCN(C(=O)c4ccc(OC(F)(F)F)cc4N)CC3)c(F)cnc2[nH]1. The van der Waals surface area contributed by atoms with Gasteiger partial charge in [0.25, 0.3) is 5.91 Å². The number of nitrogens with zero attached hydrogens (tertiary/aromatic N) is 3. The minimum Gasteiger partial charge on any atom is -0.406 e. The highest BCUT2D eigenvalue weighted by atomic mass is 19.4. The number of nitrogen functional groups attached to an aromatic ring is 1. The molecule has 0 atom stereocenters.